The van der Waals surface area contributed by atoms with Crippen LogP contribution in [-0.4, -0.2) is 98.1 Å². The van der Waals surface area contributed by atoms with Crippen molar-refractivity contribution in [3.63, 3.8) is 0 Å². The molecule has 55 heavy (non-hydrogen) atoms. The molecule has 6 unspecified atom stereocenters. The summed E-state index contributed by atoms with van der Waals surface area (Å²) < 4.78 is 91.8. The third-order valence-corrected chi connectivity index (χ3v) is 8.15. The Hall–Kier alpha value is -4.81. The van der Waals surface area contributed by atoms with Crippen molar-refractivity contribution in [2.24, 2.45) is 0 Å². The maximum atomic E-state index is 12.2. The first-order chi connectivity index (χ1) is 25.8. The second-order valence-corrected chi connectivity index (χ2v) is 12.4. The number of amides is 2. The predicted octanol–water partition coefficient (Wildman–Crippen LogP) is 0.595. The number of aromatic nitrogens is 4. The van der Waals surface area contributed by atoms with Crippen LogP contribution in [0.1, 0.15) is 63.1 Å². The Bertz CT molecular complexity index is 2040. The lowest BCUT2D eigenvalue weighted by Gasteiger charge is -2.16. The zero-order valence-corrected chi connectivity index (χ0v) is 30.1. The van der Waals surface area contributed by atoms with Gasteiger partial charge < -0.3 is 30.0 Å². The second-order valence-electron chi connectivity index (χ2n) is 11.6. The van der Waals surface area contributed by atoms with Gasteiger partial charge in [-0.25, -0.2) is 9.59 Å². The van der Waals surface area contributed by atoms with Crippen LogP contribution in [0, 0.1) is 23.7 Å². The molecule has 0 radical (unpaired) electrons. The number of nitrogens with zero attached hydrogens (tertiary/aromatic N) is 2. The van der Waals surface area contributed by atoms with Gasteiger partial charge in [0.2, 0.25) is 0 Å². The monoisotopic (exact) mass is 810 g/mol. The number of hydrogen-bond acceptors (Lipinski definition) is 11. The van der Waals surface area contributed by atoms with Crippen LogP contribution < -0.4 is 33.1 Å². The number of aromatic amines is 2. The molecule has 2 fully saturated rings. The van der Waals surface area contributed by atoms with Gasteiger partial charge in [-0.2, -0.15) is 26.3 Å². The zero-order valence-electron chi connectivity index (χ0n) is 29.3. The number of aliphatic hydroxyl groups is 1. The summed E-state index contributed by atoms with van der Waals surface area (Å²) >= 11 is 1.51. The number of rotatable bonds is 9. The van der Waals surface area contributed by atoms with Gasteiger partial charge in [-0.15, -0.1) is 11.8 Å². The summed E-state index contributed by atoms with van der Waals surface area (Å²) in [6.45, 7) is 2.48. The number of nitrogens with one attached hydrogen (secondary N) is 4. The molecule has 16 nitrogen and oxygen atoms in total. The van der Waals surface area contributed by atoms with Crippen LogP contribution in [0.15, 0.2) is 31.6 Å². The molecule has 2 aliphatic rings. The first-order valence-corrected chi connectivity index (χ1v) is 17.7. The number of carbonyl (C=O) groups is 2. The van der Waals surface area contributed by atoms with E-state index in [-0.39, 0.29) is 29.8 Å². The number of carbonyl (C=O) groups excluding carboxylic acids is 2. The van der Waals surface area contributed by atoms with Crippen molar-refractivity contribution in [1.82, 2.24) is 29.7 Å². The first-order valence-electron chi connectivity index (χ1n) is 16.3. The van der Waals surface area contributed by atoms with Crippen molar-refractivity contribution in [3.8, 4) is 23.7 Å². The van der Waals surface area contributed by atoms with E-state index in [2.05, 4.69) is 28.7 Å². The molecule has 2 amide bonds. The molecule has 0 bridgehead atoms. The second kappa shape index (κ2) is 19.7. The summed E-state index contributed by atoms with van der Waals surface area (Å²) in [4.78, 5) is 73.3. The van der Waals surface area contributed by atoms with Gasteiger partial charge in [0.05, 0.1) is 43.4 Å². The third kappa shape index (κ3) is 12.6. The molecule has 5 N–H and O–H groups in total. The SMILES string of the molecule is CCC1OC(n2cc(C#CCNC(=O)C(F)(F)F)c(=O)[nH]c2=O)CC1O.CCC1OC(n2cc(C#CCNC(=O)C(F)(F)F)c(=O)[nH]c2=O)CC1OCSC. The van der Waals surface area contributed by atoms with Gasteiger partial charge in [-0.1, -0.05) is 37.5 Å². The van der Waals surface area contributed by atoms with Crippen LogP contribution >= 0.6 is 11.8 Å². The lowest BCUT2D eigenvalue weighted by molar-refractivity contribution is -0.173. The average molecular weight is 811 g/mol. The fourth-order valence-corrected chi connectivity index (χ4v) is 5.43. The lowest BCUT2D eigenvalue weighted by atomic mass is 10.1. The fraction of sp³-hybridized carbons (Fsp3) is 0.562. The number of H-pyrrole nitrogens is 2. The van der Waals surface area contributed by atoms with E-state index in [1.165, 1.54) is 27.8 Å². The molecule has 0 saturated carbocycles. The van der Waals surface area contributed by atoms with Crippen molar-refractivity contribution >= 4 is 23.6 Å². The highest BCUT2D eigenvalue weighted by molar-refractivity contribution is 7.98. The first kappa shape index (κ1) is 44.6. The number of aliphatic hydroxyl groups excluding tert-OH is 1. The minimum atomic E-state index is -5.02. The van der Waals surface area contributed by atoms with E-state index in [1.807, 2.05) is 18.2 Å². The Kier molecular flexibility index (Phi) is 16.0. The van der Waals surface area contributed by atoms with E-state index in [9.17, 15) is 60.2 Å². The minimum absolute atomic E-state index is 0.138. The van der Waals surface area contributed by atoms with E-state index in [4.69, 9.17) is 14.2 Å². The number of ether oxygens (including phenoxy) is 3. The van der Waals surface area contributed by atoms with E-state index in [0.717, 1.165) is 10.8 Å². The van der Waals surface area contributed by atoms with Gasteiger partial charge in [0.25, 0.3) is 11.1 Å². The topological polar surface area (TPSA) is 216 Å². The molecule has 2 aromatic rings. The van der Waals surface area contributed by atoms with Crippen LogP contribution in [-0.2, 0) is 23.8 Å². The lowest BCUT2D eigenvalue weighted by Crippen LogP contribution is -2.37. The highest BCUT2D eigenvalue weighted by atomic mass is 32.2. The molecule has 0 spiro atoms. The van der Waals surface area contributed by atoms with Gasteiger partial charge in [0.1, 0.15) is 23.6 Å². The van der Waals surface area contributed by atoms with Gasteiger partial charge >= 0.3 is 35.5 Å². The third-order valence-electron chi connectivity index (χ3n) is 7.78. The maximum Gasteiger partial charge on any atom is 0.471 e. The Morgan fingerprint density at radius 1 is 0.836 bits per heavy atom. The summed E-state index contributed by atoms with van der Waals surface area (Å²) in [7, 11) is 0. The summed E-state index contributed by atoms with van der Waals surface area (Å²) in [5.41, 5.74) is -3.41. The molecular formula is C32H36F6N6O10S. The molecule has 6 atom stereocenters. The number of halogens is 6. The van der Waals surface area contributed by atoms with Crippen molar-refractivity contribution in [2.75, 3.05) is 25.3 Å². The molecule has 302 valence electrons. The van der Waals surface area contributed by atoms with Crippen molar-refractivity contribution < 1.29 is 55.2 Å². The van der Waals surface area contributed by atoms with Gasteiger partial charge in [-0.05, 0) is 19.1 Å². The summed E-state index contributed by atoms with van der Waals surface area (Å²) in [5.74, 6) is 5.30. The molecule has 2 aliphatic heterocycles. The molecular weight excluding hydrogens is 774 g/mol. The van der Waals surface area contributed by atoms with Crippen LogP contribution in [0.2, 0.25) is 0 Å². The number of hydrogen-bond donors (Lipinski definition) is 5. The van der Waals surface area contributed by atoms with Gasteiger partial charge in [0, 0.05) is 25.2 Å². The van der Waals surface area contributed by atoms with E-state index in [1.54, 1.807) is 12.2 Å². The molecule has 0 aromatic carbocycles. The van der Waals surface area contributed by atoms with E-state index < -0.39 is 84.4 Å². The summed E-state index contributed by atoms with van der Waals surface area (Å²) in [6.07, 6.45) is -7.28. The largest absolute Gasteiger partial charge is 0.471 e. The molecule has 2 aromatic heterocycles. The quantitative estimate of drug-likeness (QED) is 0.134. The predicted molar refractivity (Wildman–Crippen MR) is 181 cm³/mol. The van der Waals surface area contributed by atoms with E-state index in [0.29, 0.717) is 25.2 Å². The van der Waals surface area contributed by atoms with Crippen molar-refractivity contribution in [3.05, 3.63) is 65.2 Å². The van der Waals surface area contributed by atoms with Crippen molar-refractivity contribution in [1.29, 1.82) is 0 Å². The Morgan fingerprint density at radius 2 is 1.27 bits per heavy atom. The van der Waals surface area contributed by atoms with Crippen LogP contribution in [0.3, 0.4) is 0 Å². The molecule has 4 rings (SSSR count). The van der Waals surface area contributed by atoms with Gasteiger partial charge in [-0.3, -0.25) is 38.3 Å². The summed E-state index contributed by atoms with van der Waals surface area (Å²) in [6, 6.07) is 0. The Morgan fingerprint density at radius 3 is 1.67 bits per heavy atom. The van der Waals surface area contributed by atoms with Gasteiger partial charge in [0.15, 0.2) is 0 Å². The smallest absolute Gasteiger partial charge is 0.390 e. The van der Waals surface area contributed by atoms with Crippen LogP contribution in [0.5, 0.6) is 0 Å². The number of thioether (sulfide) groups is 1. The fourth-order valence-electron chi connectivity index (χ4n) is 5.12. The molecule has 4 heterocycles. The molecule has 23 heteroatoms. The molecule has 0 aliphatic carbocycles. The average Bonchev–Trinajstić information content (AvgIpc) is 3.70. The van der Waals surface area contributed by atoms with Crippen LogP contribution in [0.25, 0.3) is 0 Å². The highest BCUT2D eigenvalue weighted by Crippen LogP contribution is 2.32. The van der Waals surface area contributed by atoms with Crippen LogP contribution in [0.4, 0.5) is 26.3 Å². The Balaban J connectivity index is 0.000000297. The minimum Gasteiger partial charge on any atom is -0.390 e. The maximum absolute atomic E-state index is 12.2. The molecule has 2 saturated heterocycles. The number of alkyl halides is 6. The Labute approximate surface area is 311 Å². The standard InChI is InChI=1S/C17H20F3N3O5S.C15H16F3N3O5/c1-3-11-12(27-9-29-2)7-13(28-11)23-8-10(14(24)22-16(23)26)5-4-6-21-15(25)17(18,19)20;1-2-10-9(22)6-11(26-10)21-7-8(12(23)20-14(21)25)4-3-5-19-13(24)15(16,17)18/h8,11-13H,3,6-7,9H2,1-2H3,(H,21,25)(H,22,24,26);7,9-11,22H,2,5-6H2,1H3,(H,19,24)(H,20,23,25). The zero-order chi connectivity index (χ0) is 41.1. The normalized spacial score (nSPS) is 22.0. The van der Waals surface area contributed by atoms with E-state index >= 15 is 0 Å². The summed E-state index contributed by atoms with van der Waals surface area (Å²) in [5, 5.41) is 13.0. The van der Waals surface area contributed by atoms with Crippen molar-refractivity contribution in [2.45, 2.75) is 88.8 Å². The highest BCUT2D eigenvalue weighted by Gasteiger charge is 2.39.